The monoisotopic (exact) mass is 442 g/mol. The Bertz CT molecular complexity index is 1500. The molecular formula is C23H15ClN6O2. The average molecular weight is 443 g/mol. The Morgan fingerprint density at radius 2 is 1.66 bits per heavy atom. The average Bonchev–Trinajstić information content (AvgIpc) is 3.26. The van der Waals surface area contributed by atoms with Gasteiger partial charge in [-0.3, -0.25) is 20.4 Å². The molecule has 0 saturated carbocycles. The summed E-state index contributed by atoms with van der Waals surface area (Å²) in [6, 6.07) is 17.9. The van der Waals surface area contributed by atoms with Crippen molar-refractivity contribution in [2.45, 2.75) is 0 Å². The van der Waals surface area contributed by atoms with Gasteiger partial charge < -0.3 is 0 Å². The van der Waals surface area contributed by atoms with E-state index >= 15 is 0 Å². The van der Waals surface area contributed by atoms with E-state index in [4.69, 9.17) is 11.6 Å². The molecule has 0 fully saturated rings. The molecule has 0 saturated heterocycles. The van der Waals surface area contributed by atoms with Crippen molar-refractivity contribution < 1.29 is 9.59 Å². The lowest BCUT2D eigenvalue weighted by Crippen LogP contribution is -2.41. The molecule has 0 spiro atoms. The number of rotatable bonds is 3. The van der Waals surface area contributed by atoms with Gasteiger partial charge in [0.1, 0.15) is 5.56 Å². The quantitative estimate of drug-likeness (QED) is 0.415. The van der Waals surface area contributed by atoms with Gasteiger partial charge in [0.25, 0.3) is 11.8 Å². The van der Waals surface area contributed by atoms with Gasteiger partial charge in [0.2, 0.25) is 0 Å². The molecule has 8 nitrogen and oxygen atoms in total. The third-order valence-electron chi connectivity index (χ3n) is 4.92. The number of nitrogens with zero attached hydrogens (tertiary/aromatic N) is 4. The number of pyridine rings is 1. The molecule has 5 aromatic rings. The predicted octanol–water partition coefficient (Wildman–Crippen LogP) is 3.67. The summed E-state index contributed by atoms with van der Waals surface area (Å²) < 4.78 is 1.48. The third-order valence-corrected chi connectivity index (χ3v) is 5.25. The summed E-state index contributed by atoms with van der Waals surface area (Å²) in [4.78, 5) is 34.4. The van der Waals surface area contributed by atoms with E-state index in [0.29, 0.717) is 38.4 Å². The SMILES string of the molecule is O=C(NNC(=O)c1cnn2cccnc12)c1cc(-c2ccccc2Cl)nc2ccccc12. The van der Waals surface area contributed by atoms with Crippen LogP contribution in [0.4, 0.5) is 0 Å². The van der Waals surface area contributed by atoms with Crippen LogP contribution in [0.3, 0.4) is 0 Å². The number of aromatic nitrogens is 4. The summed E-state index contributed by atoms with van der Waals surface area (Å²) >= 11 is 6.34. The van der Waals surface area contributed by atoms with Crippen molar-refractivity contribution in [2.75, 3.05) is 0 Å². The minimum absolute atomic E-state index is 0.238. The van der Waals surface area contributed by atoms with Crippen molar-refractivity contribution in [1.82, 2.24) is 30.4 Å². The summed E-state index contributed by atoms with van der Waals surface area (Å²) in [5.74, 6) is -1.02. The molecule has 32 heavy (non-hydrogen) atoms. The fourth-order valence-electron chi connectivity index (χ4n) is 3.41. The zero-order valence-corrected chi connectivity index (χ0v) is 17.2. The fraction of sp³-hybridized carbons (Fsp3) is 0. The number of fused-ring (bicyclic) bond motifs is 2. The predicted molar refractivity (Wildman–Crippen MR) is 120 cm³/mol. The van der Waals surface area contributed by atoms with E-state index < -0.39 is 11.8 Å². The van der Waals surface area contributed by atoms with Gasteiger partial charge in [-0.1, -0.05) is 48.0 Å². The molecule has 0 radical (unpaired) electrons. The highest BCUT2D eigenvalue weighted by Crippen LogP contribution is 2.29. The smallest absolute Gasteiger partial charge is 0.267 e. The zero-order valence-electron chi connectivity index (χ0n) is 16.5. The highest BCUT2D eigenvalue weighted by molar-refractivity contribution is 6.33. The molecule has 0 aliphatic carbocycles. The number of para-hydroxylation sites is 1. The standard InChI is InChI=1S/C23H15ClN6O2/c24-18-8-3-1-7-15(18)20-12-16(14-6-2-4-9-19(14)27-20)22(31)28-29-23(32)17-13-26-30-11-5-10-25-21(17)30/h1-13H,(H,28,31)(H,29,32). The van der Waals surface area contributed by atoms with Gasteiger partial charge in [-0.15, -0.1) is 0 Å². The van der Waals surface area contributed by atoms with E-state index in [1.807, 2.05) is 36.4 Å². The number of hydrogen-bond donors (Lipinski definition) is 2. The maximum atomic E-state index is 13.0. The molecule has 0 aliphatic heterocycles. The second kappa shape index (κ2) is 8.09. The first-order valence-electron chi connectivity index (χ1n) is 9.65. The van der Waals surface area contributed by atoms with Crippen molar-refractivity contribution in [3.8, 4) is 11.3 Å². The van der Waals surface area contributed by atoms with Gasteiger partial charge in [0.05, 0.1) is 23.0 Å². The van der Waals surface area contributed by atoms with Crippen LogP contribution in [0, 0.1) is 0 Å². The summed E-state index contributed by atoms with van der Waals surface area (Å²) in [5.41, 5.74) is 7.77. The van der Waals surface area contributed by atoms with Gasteiger partial charge in [-0.25, -0.2) is 14.5 Å². The minimum Gasteiger partial charge on any atom is -0.267 e. The summed E-state index contributed by atoms with van der Waals surface area (Å²) in [7, 11) is 0. The van der Waals surface area contributed by atoms with Crippen LogP contribution in [0.25, 0.3) is 27.8 Å². The van der Waals surface area contributed by atoms with Gasteiger partial charge >= 0.3 is 0 Å². The second-order valence-corrected chi connectivity index (χ2v) is 7.31. The number of benzene rings is 2. The van der Waals surface area contributed by atoms with Crippen molar-refractivity contribution in [1.29, 1.82) is 0 Å². The van der Waals surface area contributed by atoms with Crippen LogP contribution in [-0.4, -0.2) is 31.4 Å². The Balaban J connectivity index is 1.46. The zero-order chi connectivity index (χ0) is 22.1. The largest absolute Gasteiger partial charge is 0.275 e. The molecule has 5 rings (SSSR count). The lowest BCUT2D eigenvalue weighted by Gasteiger charge is -2.12. The van der Waals surface area contributed by atoms with Crippen LogP contribution in [0.15, 0.2) is 79.3 Å². The molecule has 156 valence electrons. The Labute approximate surface area is 186 Å². The molecular weight excluding hydrogens is 428 g/mol. The Hall–Kier alpha value is -4.30. The maximum absolute atomic E-state index is 13.0. The molecule has 3 aromatic heterocycles. The van der Waals surface area contributed by atoms with Crippen LogP contribution < -0.4 is 10.9 Å². The van der Waals surface area contributed by atoms with Crippen LogP contribution in [-0.2, 0) is 0 Å². The molecule has 2 aromatic carbocycles. The first-order chi connectivity index (χ1) is 15.6. The lowest BCUT2D eigenvalue weighted by atomic mass is 10.0. The van der Waals surface area contributed by atoms with Gasteiger partial charge in [-0.2, -0.15) is 5.10 Å². The first kappa shape index (κ1) is 19.7. The molecule has 0 aliphatic rings. The molecule has 0 bridgehead atoms. The number of hydrogen-bond acceptors (Lipinski definition) is 5. The number of halogens is 1. The lowest BCUT2D eigenvalue weighted by molar-refractivity contribution is 0.0848. The topological polar surface area (TPSA) is 101 Å². The number of nitrogens with one attached hydrogen (secondary N) is 2. The van der Waals surface area contributed by atoms with Crippen molar-refractivity contribution >= 4 is 40.0 Å². The normalized spacial score (nSPS) is 10.9. The molecule has 2 amide bonds. The van der Waals surface area contributed by atoms with Gasteiger partial charge in [0, 0.05) is 28.4 Å². The highest BCUT2D eigenvalue weighted by atomic mass is 35.5. The van der Waals surface area contributed by atoms with Gasteiger partial charge in [0.15, 0.2) is 5.65 Å². The number of amides is 2. The Morgan fingerprint density at radius 1 is 0.906 bits per heavy atom. The summed E-state index contributed by atoms with van der Waals surface area (Å²) in [6.07, 6.45) is 4.63. The van der Waals surface area contributed by atoms with E-state index in [1.54, 1.807) is 36.7 Å². The highest BCUT2D eigenvalue weighted by Gasteiger charge is 2.18. The minimum atomic E-state index is -0.531. The second-order valence-electron chi connectivity index (χ2n) is 6.91. The molecule has 2 N–H and O–H groups in total. The summed E-state index contributed by atoms with van der Waals surface area (Å²) in [5, 5.41) is 5.25. The van der Waals surface area contributed by atoms with E-state index in [9.17, 15) is 9.59 Å². The van der Waals surface area contributed by atoms with Crippen LogP contribution in [0.5, 0.6) is 0 Å². The van der Waals surface area contributed by atoms with Crippen molar-refractivity contribution in [3.05, 3.63) is 95.4 Å². The Kier molecular flexibility index (Phi) is 4.97. The fourth-order valence-corrected chi connectivity index (χ4v) is 3.64. The Morgan fingerprint density at radius 3 is 2.50 bits per heavy atom. The van der Waals surface area contributed by atoms with Crippen molar-refractivity contribution in [2.24, 2.45) is 0 Å². The van der Waals surface area contributed by atoms with Crippen LogP contribution in [0.1, 0.15) is 20.7 Å². The number of hydrazine groups is 1. The van der Waals surface area contributed by atoms with Crippen molar-refractivity contribution in [3.63, 3.8) is 0 Å². The van der Waals surface area contributed by atoms with E-state index in [1.165, 1.54) is 10.7 Å². The third kappa shape index (κ3) is 3.52. The molecule has 0 unspecified atom stereocenters. The van der Waals surface area contributed by atoms with Crippen LogP contribution in [0.2, 0.25) is 5.02 Å². The number of carbonyl (C=O) groups is 2. The molecule has 0 atom stereocenters. The molecule has 3 heterocycles. The maximum Gasteiger partial charge on any atom is 0.275 e. The number of carbonyl (C=O) groups excluding carboxylic acids is 2. The molecule has 9 heteroatoms. The van der Waals surface area contributed by atoms with Crippen LogP contribution >= 0.6 is 11.6 Å². The van der Waals surface area contributed by atoms with Gasteiger partial charge in [-0.05, 0) is 24.3 Å². The summed E-state index contributed by atoms with van der Waals surface area (Å²) in [6.45, 7) is 0. The van der Waals surface area contributed by atoms with E-state index in [2.05, 4.69) is 25.9 Å². The first-order valence-corrected chi connectivity index (χ1v) is 10.0. The van der Waals surface area contributed by atoms with E-state index in [-0.39, 0.29) is 5.56 Å². The van der Waals surface area contributed by atoms with E-state index in [0.717, 1.165) is 0 Å².